The molecule has 1 unspecified atom stereocenters. The highest BCUT2D eigenvalue weighted by Crippen LogP contribution is 2.37. The SMILES string of the molecule is Cc1sc(C)c([C@H]2CCCC[C@@H]2O)c1P. The summed E-state index contributed by atoms with van der Waals surface area (Å²) in [5, 5.41) is 11.4. The molecule has 1 aliphatic carbocycles. The molecule has 1 heterocycles. The van der Waals surface area contributed by atoms with Crippen LogP contribution in [0.3, 0.4) is 0 Å². The summed E-state index contributed by atoms with van der Waals surface area (Å²) in [4.78, 5) is 2.77. The Hall–Kier alpha value is 0.0900. The summed E-state index contributed by atoms with van der Waals surface area (Å²) in [6.45, 7) is 4.35. The lowest BCUT2D eigenvalue weighted by atomic mass is 9.82. The van der Waals surface area contributed by atoms with E-state index in [0.29, 0.717) is 5.92 Å². The highest BCUT2D eigenvalue weighted by Gasteiger charge is 2.28. The van der Waals surface area contributed by atoms with E-state index < -0.39 is 0 Å². The van der Waals surface area contributed by atoms with Gasteiger partial charge in [-0.25, -0.2) is 0 Å². The lowest BCUT2D eigenvalue weighted by Crippen LogP contribution is -2.25. The van der Waals surface area contributed by atoms with Crippen LogP contribution in [0.2, 0.25) is 0 Å². The van der Waals surface area contributed by atoms with Crippen molar-refractivity contribution in [2.24, 2.45) is 0 Å². The van der Waals surface area contributed by atoms with Gasteiger partial charge in [-0.3, -0.25) is 0 Å². The smallest absolute Gasteiger partial charge is 0.0609 e. The quantitative estimate of drug-likeness (QED) is 0.751. The number of rotatable bonds is 1. The zero-order chi connectivity index (χ0) is 11.0. The van der Waals surface area contributed by atoms with Crippen molar-refractivity contribution in [2.45, 2.75) is 51.6 Å². The molecule has 1 aliphatic rings. The highest BCUT2D eigenvalue weighted by molar-refractivity contribution is 7.30. The predicted octanol–water partition coefficient (Wildman–Crippen LogP) is 2.88. The van der Waals surface area contributed by atoms with Gasteiger partial charge in [0.1, 0.15) is 0 Å². The second-order valence-corrected chi connectivity index (χ2v) is 6.51. The number of aliphatic hydroxyl groups is 1. The van der Waals surface area contributed by atoms with Crippen molar-refractivity contribution in [1.82, 2.24) is 0 Å². The molecule has 1 aromatic heterocycles. The molecule has 0 aliphatic heterocycles. The monoisotopic (exact) mass is 242 g/mol. The highest BCUT2D eigenvalue weighted by atomic mass is 32.1. The Morgan fingerprint density at radius 1 is 1.20 bits per heavy atom. The van der Waals surface area contributed by atoms with Crippen LogP contribution in [-0.2, 0) is 0 Å². The molecule has 15 heavy (non-hydrogen) atoms. The van der Waals surface area contributed by atoms with Crippen LogP contribution in [0.25, 0.3) is 0 Å². The van der Waals surface area contributed by atoms with E-state index in [9.17, 15) is 5.11 Å². The van der Waals surface area contributed by atoms with Crippen LogP contribution in [-0.4, -0.2) is 11.2 Å². The molecule has 0 bridgehead atoms. The number of aliphatic hydroxyl groups excluding tert-OH is 1. The fraction of sp³-hybridized carbons (Fsp3) is 0.667. The van der Waals surface area contributed by atoms with Gasteiger partial charge in [0.05, 0.1) is 6.10 Å². The summed E-state index contributed by atoms with van der Waals surface area (Å²) < 4.78 is 0. The van der Waals surface area contributed by atoms with Gasteiger partial charge >= 0.3 is 0 Å². The molecule has 1 saturated carbocycles. The van der Waals surface area contributed by atoms with E-state index in [1.54, 1.807) is 0 Å². The second-order valence-electron chi connectivity index (χ2n) is 4.50. The van der Waals surface area contributed by atoms with E-state index in [0.717, 1.165) is 12.8 Å². The Morgan fingerprint density at radius 3 is 2.40 bits per heavy atom. The van der Waals surface area contributed by atoms with Crippen LogP contribution in [0.4, 0.5) is 0 Å². The maximum absolute atomic E-state index is 10.1. The van der Waals surface area contributed by atoms with Gasteiger partial charge in [0.15, 0.2) is 0 Å². The summed E-state index contributed by atoms with van der Waals surface area (Å²) in [5.74, 6) is 0.385. The van der Waals surface area contributed by atoms with Crippen molar-refractivity contribution < 1.29 is 5.11 Å². The van der Waals surface area contributed by atoms with E-state index >= 15 is 0 Å². The van der Waals surface area contributed by atoms with E-state index in [1.807, 2.05) is 11.3 Å². The molecule has 1 fully saturated rings. The first-order valence-electron chi connectivity index (χ1n) is 5.64. The van der Waals surface area contributed by atoms with Gasteiger partial charge in [0.2, 0.25) is 0 Å². The van der Waals surface area contributed by atoms with E-state index in [2.05, 4.69) is 23.1 Å². The molecule has 1 N–H and O–H groups in total. The van der Waals surface area contributed by atoms with Crippen molar-refractivity contribution in [3.05, 3.63) is 15.3 Å². The number of aryl methyl sites for hydroxylation is 2. The van der Waals surface area contributed by atoms with E-state index in [4.69, 9.17) is 0 Å². The zero-order valence-electron chi connectivity index (χ0n) is 9.42. The molecule has 2 rings (SSSR count). The average Bonchev–Trinajstić information content (AvgIpc) is 2.43. The van der Waals surface area contributed by atoms with Crippen LogP contribution in [0.5, 0.6) is 0 Å². The largest absolute Gasteiger partial charge is 0.392 e. The molecule has 3 atom stereocenters. The summed E-state index contributed by atoms with van der Waals surface area (Å²) in [7, 11) is 2.85. The lowest BCUT2D eigenvalue weighted by molar-refractivity contribution is 0.106. The molecule has 0 radical (unpaired) electrons. The minimum Gasteiger partial charge on any atom is -0.392 e. The third-order valence-electron chi connectivity index (χ3n) is 3.46. The van der Waals surface area contributed by atoms with Crippen molar-refractivity contribution in [3.63, 3.8) is 0 Å². The molecule has 3 heteroatoms. The predicted molar refractivity (Wildman–Crippen MR) is 70.4 cm³/mol. The topological polar surface area (TPSA) is 20.2 Å². The molecule has 0 spiro atoms. The van der Waals surface area contributed by atoms with E-state index in [1.165, 1.54) is 33.5 Å². The van der Waals surface area contributed by atoms with Gasteiger partial charge in [-0.15, -0.1) is 20.6 Å². The Bertz CT molecular complexity index is 359. The zero-order valence-corrected chi connectivity index (χ0v) is 11.4. The molecule has 1 nitrogen and oxygen atoms in total. The molecular weight excluding hydrogens is 223 g/mol. The molecule has 84 valence electrons. The molecular formula is C12H19OPS. The van der Waals surface area contributed by atoms with Gasteiger partial charge in [-0.2, -0.15) is 0 Å². The van der Waals surface area contributed by atoms with Crippen LogP contribution >= 0.6 is 20.6 Å². The van der Waals surface area contributed by atoms with Crippen LogP contribution in [0.15, 0.2) is 0 Å². The summed E-state index contributed by atoms with van der Waals surface area (Å²) in [6.07, 6.45) is 4.46. The number of hydrogen-bond acceptors (Lipinski definition) is 2. The van der Waals surface area contributed by atoms with Crippen molar-refractivity contribution in [2.75, 3.05) is 0 Å². The summed E-state index contributed by atoms with van der Waals surface area (Å²) in [5.41, 5.74) is 1.41. The van der Waals surface area contributed by atoms with Gasteiger partial charge in [-0.05, 0) is 37.6 Å². The number of thiophene rings is 1. The Balaban J connectivity index is 2.35. The van der Waals surface area contributed by atoms with Crippen molar-refractivity contribution in [3.8, 4) is 0 Å². The third-order valence-corrected chi connectivity index (χ3v) is 5.46. The Labute approximate surface area is 98.1 Å². The molecule has 0 amide bonds. The van der Waals surface area contributed by atoms with Crippen LogP contribution < -0.4 is 5.30 Å². The second kappa shape index (κ2) is 4.53. The first-order chi connectivity index (χ1) is 7.11. The van der Waals surface area contributed by atoms with Crippen molar-refractivity contribution in [1.29, 1.82) is 0 Å². The molecule has 0 aromatic carbocycles. The average molecular weight is 242 g/mol. The summed E-state index contributed by atoms with van der Waals surface area (Å²) >= 11 is 1.86. The minimum absolute atomic E-state index is 0.120. The normalized spacial score (nSPS) is 26.9. The fourth-order valence-corrected chi connectivity index (χ4v) is 4.39. The maximum Gasteiger partial charge on any atom is 0.0609 e. The standard InChI is InChI=1S/C12H19OPS/c1-7-11(12(14)8(2)15-7)9-5-3-4-6-10(9)13/h9-10,13H,3-6,14H2,1-2H3/t9-,10-/m0/s1. The van der Waals surface area contributed by atoms with Gasteiger partial charge in [0, 0.05) is 15.7 Å². The first-order valence-corrected chi connectivity index (χ1v) is 7.04. The van der Waals surface area contributed by atoms with Crippen molar-refractivity contribution >= 4 is 25.9 Å². The van der Waals surface area contributed by atoms with Gasteiger partial charge < -0.3 is 5.11 Å². The van der Waals surface area contributed by atoms with Gasteiger partial charge in [-0.1, -0.05) is 12.8 Å². The Morgan fingerprint density at radius 2 is 1.87 bits per heavy atom. The lowest BCUT2D eigenvalue weighted by Gasteiger charge is -2.28. The minimum atomic E-state index is -0.120. The van der Waals surface area contributed by atoms with Crippen LogP contribution in [0, 0.1) is 13.8 Å². The molecule has 1 aromatic rings. The molecule has 0 saturated heterocycles. The summed E-state index contributed by atoms with van der Waals surface area (Å²) in [6, 6.07) is 0. The fourth-order valence-electron chi connectivity index (χ4n) is 2.63. The maximum atomic E-state index is 10.1. The third kappa shape index (κ3) is 2.13. The van der Waals surface area contributed by atoms with Crippen LogP contribution in [0.1, 0.15) is 46.9 Å². The Kier molecular flexibility index (Phi) is 3.49. The number of hydrogen-bond donors (Lipinski definition) is 1. The van der Waals surface area contributed by atoms with Gasteiger partial charge in [0.25, 0.3) is 0 Å². The van der Waals surface area contributed by atoms with E-state index in [-0.39, 0.29) is 6.10 Å². The first kappa shape index (κ1) is 11.6.